The molecule has 0 aromatic heterocycles. The van der Waals surface area contributed by atoms with Gasteiger partial charge in [-0.3, -0.25) is 0 Å². The van der Waals surface area contributed by atoms with Gasteiger partial charge < -0.3 is 4.74 Å². The van der Waals surface area contributed by atoms with Crippen LogP contribution in [0.2, 0.25) is 0 Å². The minimum absolute atomic E-state index is 0.233. The highest BCUT2D eigenvalue weighted by Gasteiger charge is 2.68. The number of halogens is 3. The van der Waals surface area contributed by atoms with Crippen LogP contribution in [0.4, 0.5) is 0 Å². The van der Waals surface area contributed by atoms with E-state index in [0.717, 1.165) is 19.3 Å². The summed E-state index contributed by atoms with van der Waals surface area (Å²) in [4.78, 5) is 11.7. The van der Waals surface area contributed by atoms with Gasteiger partial charge in [-0.05, 0) is 19.3 Å². The molecule has 0 unspecified atom stereocenters. The Hall–Kier alpha value is 1.40. The quantitative estimate of drug-likeness (QED) is 0.209. The second-order valence-electron chi connectivity index (χ2n) is 6.32. The Balaban J connectivity index is 1.98. The number of rotatable bonds is 2. The molecule has 0 aromatic rings. The second kappa shape index (κ2) is 4.20. The van der Waals surface area contributed by atoms with E-state index < -0.39 is 0 Å². The van der Waals surface area contributed by atoms with Crippen molar-refractivity contribution in [2.24, 2.45) is 0 Å². The number of ether oxygens (including phenoxy) is 1. The number of hydrogen-bond donors (Lipinski definition) is 0. The Kier molecular flexibility index (Phi) is 3.35. The molecule has 4 fully saturated rings. The van der Waals surface area contributed by atoms with Crippen LogP contribution in [0.15, 0.2) is 12.7 Å². The van der Waals surface area contributed by atoms with Gasteiger partial charge in [-0.15, -0.1) is 0 Å². The van der Waals surface area contributed by atoms with Crippen molar-refractivity contribution in [3.05, 3.63) is 12.7 Å². The predicted molar refractivity (Wildman–Crippen MR) is 97.0 cm³/mol. The summed E-state index contributed by atoms with van der Waals surface area (Å²) in [5.41, 5.74) is -0.233. The summed E-state index contributed by atoms with van der Waals surface area (Å²) in [5.74, 6) is -0.253. The first-order valence-corrected chi connectivity index (χ1v) is 9.36. The van der Waals surface area contributed by atoms with Crippen LogP contribution in [0.3, 0.4) is 0 Å². The lowest BCUT2D eigenvalue weighted by Gasteiger charge is -2.65. The van der Waals surface area contributed by atoms with Crippen LogP contribution in [-0.4, -0.2) is 21.8 Å². The van der Waals surface area contributed by atoms with Crippen LogP contribution in [-0.2, 0) is 9.53 Å². The first-order chi connectivity index (χ1) is 8.20. The fourth-order valence-corrected chi connectivity index (χ4v) is 13.2. The van der Waals surface area contributed by atoms with E-state index in [1.807, 2.05) is 0 Å². The maximum Gasteiger partial charge on any atom is 0.330 e. The maximum atomic E-state index is 11.7. The molecule has 0 aliphatic heterocycles. The predicted octanol–water partition coefficient (Wildman–Crippen LogP) is 4.36. The molecule has 2 nitrogen and oxygen atoms in total. The Morgan fingerprint density at radius 2 is 1.33 bits per heavy atom. The smallest absolute Gasteiger partial charge is 0.330 e. The van der Waals surface area contributed by atoms with Crippen LogP contribution in [0.1, 0.15) is 38.5 Å². The first kappa shape index (κ1) is 14.3. The van der Waals surface area contributed by atoms with Gasteiger partial charge in [-0.2, -0.15) is 0 Å². The molecule has 4 rings (SSSR count). The molecule has 100 valence electrons. The average molecular weight is 584 g/mol. The molecule has 5 heteroatoms. The third-order valence-electron chi connectivity index (χ3n) is 4.30. The zero-order valence-corrected chi connectivity index (χ0v) is 16.4. The summed E-state index contributed by atoms with van der Waals surface area (Å²) in [7, 11) is 0. The molecule has 0 amide bonds. The van der Waals surface area contributed by atoms with Gasteiger partial charge in [0.25, 0.3) is 0 Å². The Labute approximate surface area is 148 Å². The van der Waals surface area contributed by atoms with Crippen LogP contribution in [0.5, 0.6) is 0 Å². The molecule has 4 aliphatic rings. The van der Waals surface area contributed by atoms with Crippen molar-refractivity contribution in [1.29, 1.82) is 0 Å². The van der Waals surface area contributed by atoms with Crippen molar-refractivity contribution in [2.45, 2.75) is 54.4 Å². The van der Waals surface area contributed by atoms with Gasteiger partial charge in [0.15, 0.2) is 0 Å². The third kappa shape index (κ3) is 2.37. The summed E-state index contributed by atoms with van der Waals surface area (Å²) in [6.45, 7) is 3.53. The Morgan fingerprint density at radius 1 is 0.944 bits per heavy atom. The largest absolute Gasteiger partial charge is 0.456 e. The van der Waals surface area contributed by atoms with Gasteiger partial charge >= 0.3 is 5.97 Å². The van der Waals surface area contributed by atoms with E-state index in [2.05, 4.69) is 74.4 Å². The van der Waals surface area contributed by atoms with Crippen molar-refractivity contribution in [3.8, 4) is 0 Å². The van der Waals surface area contributed by atoms with Crippen molar-refractivity contribution >= 4 is 73.7 Å². The zero-order chi connectivity index (χ0) is 13.2. The van der Waals surface area contributed by atoms with Crippen molar-refractivity contribution in [3.63, 3.8) is 0 Å². The average Bonchev–Trinajstić information content (AvgIpc) is 2.08. The first-order valence-electron chi connectivity index (χ1n) is 6.12. The number of carbonyl (C=O) groups excluding carboxylic acids is 1. The molecular weight excluding hydrogens is 569 g/mol. The fourth-order valence-electron chi connectivity index (χ4n) is 4.55. The molecule has 0 radical (unpaired) electrons. The van der Waals surface area contributed by atoms with E-state index in [9.17, 15) is 4.79 Å². The monoisotopic (exact) mass is 584 g/mol. The lowest BCUT2D eigenvalue weighted by atomic mass is 9.54. The van der Waals surface area contributed by atoms with Crippen LogP contribution >= 0.6 is 67.8 Å². The molecule has 0 aromatic carbocycles. The second-order valence-corrected chi connectivity index (χ2v) is 13.2. The van der Waals surface area contributed by atoms with Gasteiger partial charge in [0, 0.05) is 35.6 Å². The topological polar surface area (TPSA) is 26.3 Å². The third-order valence-corrected chi connectivity index (χ3v) is 7.73. The lowest BCUT2D eigenvalue weighted by molar-refractivity contribution is -0.169. The number of hydrogen-bond acceptors (Lipinski definition) is 2. The molecule has 4 bridgehead atoms. The number of alkyl halides is 3. The summed E-state index contributed by atoms with van der Waals surface area (Å²) < 4.78 is 6.77. The van der Waals surface area contributed by atoms with Gasteiger partial charge in [0.1, 0.15) is 5.60 Å². The molecule has 0 spiro atoms. The minimum Gasteiger partial charge on any atom is -0.456 e. The number of esters is 1. The highest BCUT2D eigenvalue weighted by molar-refractivity contribution is 14.1. The van der Waals surface area contributed by atoms with E-state index in [-0.39, 0.29) is 11.6 Å². The van der Waals surface area contributed by atoms with Gasteiger partial charge in [-0.1, -0.05) is 74.4 Å². The summed E-state index contributed by atoms with van der Waals surface area (Å²) in [5, 5.41) is 0. The molecular formula is C13H15I3O2. The van der Waals surface area contributed by atoms with Gasteiger partial charge in [0.05, 0.1) is 0 Å². The maximum absolute atomic E-state index is 11.7. The SMILES string of the molecule is C=CC(=O)OC12CC3(I)CC(I)(CC(I)(C3)C1)C2. The molecule has 0 N–H and O–H groups in total. The minimum atomic E-state index is -0.253. The van der Waals surface area contributed by atoms with Crippen molar-refractivity contribution < 1.29 is 9.53 Å². The summed E-state index contributed by atoms with van der Waals surface area (Å²) >= 11 is 7.88. The van der Waals surface area contributed by atoms with E-state index in [0.29, 0.717) is 10.3 Å². The van der Waals surface area contributed by atoms with Crippen LogP contribution in [0.25, 0.3) is 0 Å². The highest BCUT2D eigenvalue weighted by Crippen LogP contribution is 2.69. The molecule has 0 heterocycles. The van der Waals surface area contributed by atoms with Crippen LogP contribution in [0, 0.1) is 0 Å². The molecule has 4 aliphatic carbocycles. The Bertz CT molecular complexity index is 380. The molecule has 0 atom stereocenters. The van der Waals surface area contributed by atoms with E-state index in [1.54, 1.807) is 0 Å². The summed E-state index contributed by atoms with van der Waals surface area (Å²) in [6, 6.07) is 0. The molecule has 18 heavy (non-hydrogen) atoms. The van der Waals surface area contributed by atoms with Crippen molar-refractivity contribution in [2.75, 3.05) is 0 Å². The van der Waals surface area contributed by atoms with Crippen LogP contribution < -0.4 is 0 Å². The van der Waals surface area contributed by atoms with E-state index in [4.69, 9.17) is 4.74 Å². The molecule has 0 saturated heterocycles. The Morgan fingerprint density at radius 3 is 1.67 bits per heavy atom. The van der Waals surface area contributed by atoms with Gasteiger partial charge in [0.2, 0.25) is 0 Å². The summed E-state index contributed by atoms with van der Waals surface area (Å²) in [6.07, 6.45) is 8.16. The standard InChI is InChI=1S/C13H15I3O2/c1-2-9(17)18-13-6-10(14)3-11(15,7-13)5-12(16,4-10)8-13/h2H,1,3-8H2. The normalized spacial score (nSPS) is 53.3. The lowest BCUT2D eigenvalue weighted by Crippen LogP contribution is -2.67. The zero-order valence-electron chi connectivity index (χ0n) is 9.98. The van der Waals surface area contributed by atoms with E-state index >= 15 is 0 Å². The molecule has 4 saturated carbocycles. The highest BCUT2D eigenvalue weighted by atomic mass is 127. The number of carbonyl (C=O) groups is 1. The van der Waals surface area contributed by atoms with Gasteiger partial charge in [-0.25, -0.2) is 4.79 Å². The van der Waals surface area contributed by atoms with Crippen molar-refractivity contribution in [1.82, 2.24) is 0 Å². The van der Waals surface area contributed by atoms with E-state index in [1.165, 1.54) is 25.3 Å². The fraction of sp³-hybridized carbons (Fsp3) is 0.769.